The molecule has 2 aliphatic heterocycles. The highest BCUT2D eigenvalue weighted by molar-refractivity contribution is 5.31. The highest BCUT2D eigenvalue weighted by Crippen LogP contribution is 2.39. The van der Waals surface area contributed by atoms with Gasteiger partial charge in [0, 0.05) is 11.1 Å². The Labute approximate surface area is 183 Å². The SMILES string of the molecule is Cc1ccc(C2O[C@H]([C@H](O)CO)[C@@H]3OC(c4ccc(C(C)C)cc4)OC[C@@H]3O2)cc1C. The van der Waals surface area contributed by atoms with E-state index in [1.807, 2.05) is 44.2 Å². The van der Waals surface area contributed by atoms with Crippen LogP contribution in [-0.4, -0.2) is 47.8 Å². The maximum Gasteiger partial charge on any atom is 0.184 e. The molecule has 2 unspecified atom stereocenters. The van der Waals surface area contributed by atoms with Gasteiger partial charge in [-0.3, -0.25) is 0 Å². The number of fused-ring (bicyclic) bond motifs is 1. The molecule has 2 saturated heterocycles. The molecule has 0 radical (unpaired) electrons. The van der Waals surface area contributed by atoms with Crippen LogP contribution < -0.4 is 0 Å². The molecule has 6 heteroatoms. The molecule has 2 N–H and O–H groups in total. The summed E-state index contributed by atoms with van der Waals surface area (Å²) in [4.78, 5) is 0. The van der Waals surface area contributed by atoms with Crippen LogP contribution in [-0.2, 0) is 18.9 Å². The smallest absolute Gasteiger partial charge is 0.184 e. The van der Waals surface area contributed by atoms with Crippen molar-refractivity contribution in [2.45, 2.75) is 70.6 Å². The van der Waals surface area contributed by atoms with Gasteiger partial charge in [0.1, 0.15) is 24.4 Å². The van der Waals surface area contributed by atoms with Gasteiger partial charge in [0.2, 0.25) is 0 Å². The summed E-state index contributed by atoms with van der Waals surface area (Å²) >= 11 is 0. The average molecular weight is 429 g/mol. The van der Waals surface area contributed by atoms with Crippen molar-refractivity contribution in [3.8, 4) is 0 Å². The van der Waals surface area contributed by atoms with E-state index in [1.54, 1.807) is 0 Å². The van der Waals surface area contributed by atoms with E-state index < -0.39 is 43.6 Å². The van der Waals surface area contributed by atoms with E-state index in [9.17, 15) is 10.2 Å². The molecular formula is C25H32O6. The van der Waals surface area contributed by atoms with Crippen molar-refractivity contribution in [2.24, 2.45) is 0 Å². The number of rotatable bonds is 5. The normalized spacial score (nSPS) is 29.6. The molecule has 31 heavy (non-hydrogen) atoms. The second kappa shape index (κ2) is 9.36. The zero-order valence-electron chi connectivity index (χ0n) is 18.5. The summed E-state index contributed by atoms with van der Waals surface area (Å²) in [7, 11) is 0. The minimum Gasteiger partial charge on any atom is -0.394 e. The van der Waals surface area contributed by atoms with Crippen LogP contribution in [0.25, 0.3) is 0 Å². The summed E-state index contributed by atoms with van der Waals surface area (Å²) in [6.45, 7) is 8.26. The third-order valence-corrected chi connectivity index (χ3v) is 6.21. The monoisotopic (exact) mass is 428 g/mol. The Bertz CT molecular complexity index is 880. The molecule has 0 bridgehead atoms. The summed E-state index contributed by atoms with van der Waals surface area (Å²) < 4.78 is 24.4. The van der Waals surface area contributed by atoms with Crippen molar-refractivity contribution in [1.29, 1.82) is 0 Å². The molecule has 2 aromatic carbocycles. The minimum absolute atomic E-state index is 0.306. The maximum absolute atomic E-state index is 10.5. The van der Waals surface area contributed by atoms with Crippen molar-refractivity contribution in [2.75, 3.05) is 13.2 Å². The van der Waals surface area contributed by atoms with Gasteiger partial charge >= 0.3 is 0 Å². The number of benzene rings is 2. The maximum atomic E-state index is 10.5. The zero-order chi connectivity index (χ0) is 22.1. The molecule has 2 aromatic rings. The number of aliphatic hydroxyl groups is 2. The van der Waals surface area contributed by atoms with E-state index in [-0.39, 0.29) is 0 Å². The van der Waals surface area contributed by atoms with Crippen molar-refractivity contribution >= 4 is 0 Å². The lowest BCUT2D eigenvalue weighted by Crippen LogP contribution is -2.58. The molecule has 6 atom stereocenters. The van der Waals surface area contributed by atoms with Crippen molar-refractivity contribution in [3.63, 3.8) is 0 Å². The fourth-order valence-corrected chi connectivity index (χ4v) is 4.06. The second-order valence-electron chi connectivity index (χ2n) is 8.79. The number of aliphatic hydroxyl groups excluding tert-OH is 2. The summed E-state index contributed by atoms with van der Waals surface area (Å²) in [6.07, 6.45) is -4.06. The van der Waals surface area contributed by atoms with E-state index in [0.29, 0.717) is 12.5 Å². The van der Waals surface area contributed by atoms with Crippen LogP contribution in [0.2, 0.25) is 0 Å². The molecule has 2 heterocycles. The van der Waals surface area contributed by atoms with Crippen LogP contribution in [0.4, 0.5) is 0 Å². The van der Waals surface area contributed by atoms with Crippen LogP contribution in [0.5, 0.6) is 0 Å². The van der Waals surface area contributed by atoms with Crippen molar-refractivity contribution in [3.05, 3.63) is 70.3 Å². The predicted molar refractivity (Wildman–Crippen MR) is 116 cm³/mol. The van der Waals surface area contributed by atoms with E-state index >= 15 is 0 Å². The lowest BCUT2D eigenvalue weighted by atomic mass is 9.98. The number of aryl methyl sites for hydroxylation is 2. The Balaban J connectivity index is 1.54. The van der Waals surface area contributed by atoms with Crippen LogP contribution in [0, 0.1) is 13.8 Å². The van der Waals surface area contributed by atoms with E-state index in [4.69, 9.17) is 18.9 Å². The van der Waals surface area contributed by atoms with Gasteiger partial charge in [-0.1, -0.05) is 56.3 Å². The molecule has 2 fully saturated rings. The second-order valence-corrected chi connectivity index (χ2v) is 8.79. The van der Waals surface area contributed by atoms with E-state index in [2.05, 4.69) is 26.0 Å². The molecule has 6 nitrogen and oxygen atoms in total. The fraction of sp³-hybridized carbons (Fsp3) is 0.520. The Kier molecular flexibility index (Phi) is 6.77. The molecule has 4 rings (SSSR count). The number of hydrogen-bond donors (Lipinski definition) is 2. The lowest BCUT2D eigenvalue weighted by Gasteiger charge is -2.47. The highest BCUT2D eigenvalue weighted by Gasteiger charge is 2.48. The van der Waals surface area contributed by atoms with E-state index in [1.165, 1.54) is 11.1 Å². The van der Waals surface area contributed by atoms with E-state index in [0.717, 1.165) is 16.7 Å². The topological polar surface area (TPSA) is 77.4 Å². The van der Waals surface area contributed by atoms with Gasteiger partial charge in [-0.05, 0) is 36.5 Å². The Morgan fingerprint density at radius 1 is 0.903 bits per heavy atom. The Morgan fingerprint density at radius 3 is 2.26 bits per heavy atom. The molecule has 0 aromatic heterocycles. The first kappa shape index (κ1) is 22.4. The Hall–Kier alpha value is -1.80. The molecular weight excluding hydrogens is 396 g/mol. The van der Waals surface area contributed by atoms with Crippen molar-refractivity contribution < 1.29 is 29.2 Å². The molecule has 2 aliphatic rings. The first-order valence-electron chi connectivity index (χ1n) is 10.9. The van der Waals surface area contributed by atoms with Gasteiger partial charge in [0.25, 0.3) is 0 Å². The average Bonchev–Trinajstić information content (AvgIpc) is 2.79. The quantitative estimate of drug-likeness (QED) is 0.757. The fourth-order valence-electron chi connectivity index (χ4n) is 4.06. The molecule has 168 valence electrons. The third-order valence-electron chi connectivity index (χ3n) is 6.21. The van der Waals surface area contributed by atoms with Gasteiger partial charge in [-0.25, -0.2) is 0 Å². The molecule has 0 aliphatic carbocycles. The third kappa shape index (κ3) is 4.70. The first-order chi connectivity index (χ1) is 14.9. The summed E-state index contributed by atoms with van der Waals surface area (Å²) in [5, 5.41) is 20.1. The van der Waals surface area contributed by atoms with Crippen LogP contribution >= 0.6 is 0 Å². The number of hydrogen-bond acceptors (Lipinski definition) is 6. The van der Waals surface area contributed by atoms with Gasteiger partial charge in [0.05, 0.1) is 13.2 Å². The van der Waals surface area contributed by atoms with Gasteiger partial charge in [-0.2, -0.15) is 0 Å². The lowest BCUT2D eigenvalue weighted by molar-refractivity contribution is -0.373. The van der Waals surface area contributed by atoms with Gasteiger partial charge in [0.15, 0.2) is 12.6 Å². The van der Waals surface area contributed by atoms with Crippen LogP contribution in [0.15, 0.2) is 42.5 Å². The summed E-state index contributed by atoms with van der Waals surface area (Å²) in [6, 6.07) is 14.1. The minimum atomic E-state index is -1.09. The highest BCUT2D eigenvalue weighted by atomic mass is 16.8. The predicted octanol–water partition coefficient (Wildman–Crippen LogP) is 3.68. The largest absolute Gasteiger partial charge is 0.394 e. The summed E-state index contributed by atoms with van der Waals surface area (Å²) in [5.41, 5.74) is 5.32. The zero-order valence-corrected chi connectivity index (χ0v) is 18.5. The molecule has 0 saturated carbocycles. The van der Waals surface area contributed by atoms with Crippen LogP contribution in [0.1, 0.15) is 60.2 Å². The van der Waals surface area contributed by atoms with Crippen molar-refractivity contribution in [1.82, 2.24) is 0 Å². The summed E-state index contributed by atoms with van der Waals surface area (Å²) in [5.74, 6) is 0.443. The first-order valence-corrected chi connectivity index (χ1v) is 10.9. The van der Waals surface area contributed by atoms with Crippen LogP contribution in [0.3, 0.4) is 0 Å². The Morgan fingerprint density at radius 2 is 1.61 bits per heavy atom. The van der Waals surface area contributed by atoms with Gasteiger partial charge < -0.3 is 29.2 Å². The van der Waals surface area contributed by atoms with Gasteiger partial charge in [-0.15, -0.1) is 0 Å². The standard InChI is InChI=1S/C25H32O6/c1-14(2)17-7-9-18(10-8-17)24-28-13-21-23(31-24)22(20(27)12-26)30-25(29-21)19-6-5-15(3)16(4)11-19/h5-11,14,20-27H,12-13H2,1-4H3/t20-,21+,22-,23-,24?,25?/m1/s1. The number of ether oxygens (including phenoxy) is 4. The molecule has 0 amide bonds. The molecule has 0 spiro atoms.